The highest BCUT2D eigenvalue weighted by Crippen LogP contribution is 2.22. The molecule has 3 aromatic rings. The van der Waals surface area contributed by atoms with Gasteiger partial charge in [0.25, 0.3) is 0 Å². The Morgan fingerprint density at radius 1 is 1.00 bits per heavy atom. The van der Waals surface area contributed by atoms with Crippen molar-refractivity contribution in [3.05, 3.63) is 72.1 Å². The third kappa shape index (κ3) is 3.20. The third-order valence-electron chi connectivity index (χ3n) is 3.50. The average Bonchev–Trinajstić information content (AvgIpc) is 2.54. The number of benzene rings is 2. The Morgan fingerprint density at radius 2 is 1.81 bits per heavy atom. The monoisotopic (exact) mass is 278 g/mol. The van der Waals surface area contributed by atoms with Gasteiger partial charge < -0.3 is 10.1 Å². The van der Waals surface area contributed by atoms with Crippen molar-refractivity contribution in [1.29, 1.82) is 0 Å². The summed E-state index contributed by atoms with van der Waals surface area (Å²) in [5.74, 6) is 0. The zero-order valence-corrected chi connectivity index (χ0v) is 12.0. The summed E-state index contributed by atoms with van der Waals surface area (Å²) in [7, 11) is 1.71. The first-order valence-corrected chi connectivity index (χ1v) is 7.00. The second-order valence-corrected chi connectivity index (χ2v) is 5.01. The second-order valence-electron chi connectivity index (χ2n) is 5.01. The zero-order valence-electron chi connectivity index (χ0n) is 12.0. The lowest BCUT2D eigenvalue weighted by molar-refractivity contribution is 0.185. The molecule has 0 saturated carbocycles. The number of rotatable bonds is 5. The summed E-state index contributed by atoms with van der Waals surface area (Å²) in [4.78, 5) is 4.21. The lowest BCUT2D eigenvalue weighted by atomic mass is 10.1. The molecule has 0 aliphatic heterocycles. The van der Waals surface area contributed by atoms with Crippen LogP contribution >= 0.6 is 0 Å². The minimum Gasteiger partial charge on any atom is -0.380 e. The third-order valence-corrected chi connectivity index (χ3v) is 3.50. The van der Waals surface area contributed by atoms with Crippen molar-refractivity contribution in [2.24, 2.45) is 0 Å². The van der Waals surface area contributed by atoms with Gasteiger partial charge in [-0.25, -0.2) is 0 Å². The van der Waals surface area contributed by atoms with Crippen LogP contribution < -0.4 is 5.32 Å². The van der Waals surface area contributed by atoms with E-state index in [1.165, 1.54) is 16.5 Å². The summed E-state index contributed by atoms with van der Waals surface area (Å²) in [6.07, 6.45) is 3.72. The van der Waals surface area contributed by atoms with Gasteiger partial charge in [0.2, 0.25) is 0 Å². The molecule has 2 aromatic carbocycles. The van der Waals surface area contributed by atoms with E-state index >= 15 is 0 Å². The van der Waals surface area contributed by atoms with Crippen LogP contribution in [0.15, 0.2) is 60.9 Å². The molecule has 3 rings (SSSR count). The fourth-order valence-electron chi connectivity index (χ4n) is 2.38. The summed E-state index contributed by atoms with van der Waals surface area (Å²) in [6, 6.07) is 16.7. The lowest BCUT2D eigenvalue weighted by Gasteiger charge is -2.10. The van der Waals surface area contributed by atoms with Gasteiger partial charge in [0.05, 0.1) is 6.61 Å². The van der Waals surface area contributed by atoms with E-state index in [1.54, 1.807) is 7.11 Å². The van der Waals surface area contributed by atoms with Gasteiger partial charge in [-0.15, -0.1) is 0 Å². The number of fused-ring (bicyclic) bond motifs is 1. The quantitative estimate of drug-likeness (QED) is 0.766. The minimum absolute atomic E-state index is 0.655. The van der Waals surface area contributed by atoms with Crippen molar-refractivity contribution >= 4 is 16.5 Å². The van der Waals surface area contributed by atoms with Crippen LogP contribution in [0, 0.1) is 0 Å². The van der Waals surface area contributed by atoms with Crippen molar-refractivity contribution in [2.75, 3.05) is 12.4 Å². The Hall–Kier alpha value is -2.39. The molecule has 0 spiro atoms. The van der Waals surface area contributed by atoms with E-state index in [1.807, 2.05) is 18.5 Å². The normalized spacial score (nSPS) is 10.7. The first kappa shape index (κ1) is 13.6. The Bertz CT molecular complexity index is 717. The predicted molar refractivity (Wildman–Crippen MR) is 86.2 cm³/mol. The number of pyridine rings is 1. The predicted octanol–water partition coefficient (Wildman–Crippen LogP) is 3.99. The topological polar surface area (TPSA) is 34.1 Å². The number of aromatic nitrogens is 1. The van der Waals surface area contributed by atoms with Gasteiger partial charge in [-0.3, -0.25) is 4.98 Å². The van der Waals surface area contributed by atoms with E-state index in [0.717, 1.165) is 17.6 Å². The van der Waals surface area contributed by atoms with Gasteiger partial charge in [0.15, 0.2) is 0 Å². The summed E-state index contributed by atoms with van der Waals surface area (Å²) < 4.78 is 5.12. The van der Waals surface area contributed by atoms with Crippen molar-refractivity contribution in [2.45, 2.75) is 13.2 Å². The van der Waals surface area contributed by atoms with Crippen molar-refractivity contribution in [1.82, 2.24) is 4.98 Å². The molecule has 0 aliphatic rings. The maximum absolute atomic E-state index is 5.12. The van der Waals surface area contributed by atoms with Gasteiger partial charge in [0, 0.05) is 37.1 Å². The van der Waals surface area contributed by atoms with E-state index < -0.39 is 0 Å². The number of hydrogen-bond acceptors (Lipinski definition) is 3. The Morgan fingerprint density at radius 3 is 2.62 bits per heavy atom. The number of hydrogen-bond donors (Lipinski definition) is 1. The SMILES string of the molecule is COCc1ccc(CNc2cccc3ccncc23)cc1. The summed E-state index contributed by atoms with van der Waals surface area (Å²) in [5, 5.41) is 5.83. The molecule has 21 heavy (non-hydrogen) atoms. The van der Waals surface area contributed by atoms with Crippen LogP contribution in [0.1, 0.15) is 11.1 Å². The maximum Gasteiger partial charge on any atom is 0.0713 e. The molecule has 0 unspecified atom stereocenters. The molecular weight excluding hydrogens is 260 g/mol. The molecule has 106 valence electrons. The van der Waals surface area contributed by atoms with E-state index in [2.05, 4.69) is 52.8 Å². The molecule has 0 bridgehead atoms. The second kappa shape index (κ2) is 6.37. The van der Waals surface area contributed by atoms with Crippen LogP contribution in [0.3, 0.4) is 0 Å². The molecule has 1 N–H and O–H groups in total. The molecular formula is C18H18N2O. The molecule has 0 atom stereocenters. The standard InChI is InChI=1S/C18H18N2O/c1-21-13-15-7-5-14(6-8-15)11-20-18-4-2-3-16-9-10-19-12-17(16)18/h2-10,12,20H,11,13H2,1H3. The summed E-state index contributed by atoms with van der Waals surface area (Å²) >= 11 is 0. The van der Waals surface area contributed by atoms with Crippen LogP contribution in [-0.4, -0.2) is 12.1 Å². The van der Waals surface area contributed by atoms with E-state index in [-0.39, 0.29) is 0 Å². The summed E-state index contributed by atoms with van der Waals surface area (Å²) in [6.45, 7) is 1.45. The fraction of sp³-hybridized carbons (Fsp3) is 0.167. The number of anilines is 1. The number of methoxy groups -OCH3 is 1. The van der Waals surface area contributed by atoms with Gasteiger partial charge >= 0.3 is 0 Å². The van der Waals surface area contributed by atoms with Crippen LogP contribution in [0.5, 0.6) is 0 Å². The van der Waals surface area contributed by atoms with Crippen LogP contribution in [0.25, 0.3) is 10.8 Å². The first-order chi connectivity index (χ1) is 10.4. The van der Waals surface area contributed by atoms with E-state index in [9.17, 15) is 0 Å². The highest BCUT2D eigenvalue weighted by atomic mass is 16.5. The van der Waals surface area contributed by atoms with E-state index in [0.29, 0.717) is 6.61 Å². The van der Waals surface area contributed by atoms with E-state index in [4.69, 9.17) is 4.74 Å². The van der Waals surface area contributed by atoms with Gasteiger partial charge in [-0.2, -0.15) is 0 Å². The molecule has 0 aliphatic carbocycles. The van der Waals surface area contributed by atoms with Crippen LogP contribution in [-0.2, 0) is 17.9 Å². The number of nitrogens with zero attached hydrogens (tertiary/aromatic N) is 1. The highest BCUT2D eigenvalue weighted by molar-refractivity contribution is 5.93. The zero-order chi connectivity index (χ0) is 14.5. The molecule has 0 fully saturated rings. The molecule has 1 aromatic heterocycles. The fourth-order valence-corrected chi connectivity index (χ4v) is 2.38. The smallest absolute Gasteiger partial charge is 0.0713 e. The van der Waals surface area contributed by atoms with Gasteiger partial charge in [0.1, 0.15) is 0 Å². The molecule has 0 amide bonds. The Kier molecular flexibility index (Phi) is 4.12. The first-order valence-electron chi connectivity index (χ1n) is 7.00. The molecule has 1 heterocycles. The summed E-state index contributed by atoms with van der Waals surface area (Å²) in [5.41, 5.74) is 3.55. The number of ether oxygens (including phenoxy) is 1. The number of nitrogens with one attached hydrogen (secondary N) is 1. The maximum atomic E-state index is 5.12. The minimum atomic E-state index is 0.655. The van der Waals surface area contributed by atoms with Crippen molar-refractivity contribution in [3.8, 4) is 0 Å². The van der Waals surface area contributed by atoms with Crippen LogP contribution in [0.2, 0.25) is 0 Å². The Balaban J connectivity index is 1.74. The van der Waals surface area contributed by atoms with Gasteiger partial charge in [-0.1, -0.05) is 36.4 Å². The highest BCUT2D eigenvalue weighted by Gasteiger charge is 2.00. The molecule has 0 saturated heterocycles. The Labute approximate surface area is 124 Å². The largest absolute Gasteiger partial charge is 0.380 e. The molecule has 0 radical (unpaired) electrons. The van der Waals surface area contributed by atoms with Gasteiger partial charge in [-0.05, 0) is 28.6 Å². The lowest BCUT2D eigenvalue weighted by Crippen LogP contribution is -2.00. The average molecular weight is 278 g/mol. The molecule has 3 heteroatoms. The van der Waals surface area contributed by atoms with Crippen molar-refractivity contribution in [3.63, 3.8) is 0 Å². The van der Waals surface area contributed by atoms with Crippen molar-refractivity contribution < 1.29 is 4.74 Å². The van der Waals surface area contributed by atoms with Crippen LogP contribution in [0.4, 0.5) is 5.69 Å². The molecule has 3 nitrogen and oxygen atoms in total.